The summed E-state index contributed by atoms with van der Waals surface area (Å²) in [7, 11) is 0. The molecule has 3 heteroatoms. The third-order valence-electron chi connectivity index (χ3n) is 3.65. The Bertz CT molecular complexity index is 476. The Kier molecular flexibility index (Phi) is 4.38. The third-order valence-corrected chi connectivity index (χ3v) is 3.65. The summed E-state index contributed by atoms with van der Waals surface area (Å²) in [4.78, 5) is 14.1. The van der Waals surface area contributed by atoms with E-state index in [0.29, 0.717) is 0 Å². The number of hydrogen-bond donors (Lipinski definition) is 1. The number of hydrogen-bond acceptors (Lipinski definition) is 2. The van der Waals surface area contributed by atoms with Crippen LogP contribution in [0.3, 0.4) is 0 Å². The predicted molar refractivity (Wildman–Crippen MR) is 76.7 cm³/mol. The van der Waals surface area contributed by atoms with Crippen LogP contribution >= 0.6 is 0 Å². The minimum atomic E-state index is -0.00568. The lowest BCUT2D eigenvalue weighted by molar-refractivity contribution is -0.128. The van der Waals surface area contributed by atoms with Crippen molar-refractivity contribution in [2.45, 2.75) is 32.7 Å². The molecule has 1 N–H and O–H groups in total. The Morgan fingerprint density at radius 1 is 1.42 bits per heavy atom. The molecule has 0 aromatic heterocycles. The highest BCUT2D eigenvalue weighted by atomic mass is 16.3. The van der Waals surface area contributed by atoms with E-state index in [1.165, 1.54) is 5.56 Å². The monoisotopic (exact) mass is 259 g/mol. The van der Waals surface area contributed by atoms with Crippen molar-refractivity contribution < 1.29 is 9.90 Å². The number of aliphatic hydroxyl groups excluding tert-OH is 1. The highest BCUT2D eigenvalue weighted by molar-refractivity contribution is 5.97. The van der Waals surface area contributed by atoms with E-state index in [0.717, 1.165) is 30.5 Å². The lowest BCUT2D eigenvalue weighted by Crippen LogP contribution is -2.38. The molecule has 0 saturated carbocycles. The van der Waals surface area contributed by atoms with Crippen molar-refractivity contribution in [3.8, 4) is 0 Å². The van der Waals surface area contributed by atoms with Gasteiger partial charge in [0.05, 0.1) is 12.6 Å². The fourth-order valence-electron chi connectivity index (χ4n) is 2.49. The molecule has 0 bridgehead atoms. The van der Waals surface area contributed by atoms with Crippen LogP contribution in [-0.4, -0.2) is 35.1 Å². The van der Waals surface area contributed by atoms with Crippen molar-refractivity contribution in [2.75, 3.05) is 13.2 Å². The number of nitrogens with zero attached hydrogens (tertiary/aromatic N) is 1. The van der Waals surface area contributed by atoms with Crippen molar-refractivity contribution in [1.82, 2.24) is 4.90 Å². The van der Waals surface area contributed by atoms with Crippen LogP contribution in [0.2, 0.25) is 0 Å². The Morgan fingerprint density at radius 3 is 2.74 bits per heavy atom. The minimum Gasteiger partial charge on any atom is -0.394 e. The van der Waals surface area contributed by atoms with Gasteiger partial charge >= 0.3 is 0 Å². The molecule has 1 saturated heterocycles. The number of amides is 1. The first-order valence-electron chi connectivity index (χ1n) is 6.78. The van der Waals surface area contributed by atoms with Gasteiger partial charge in [-0.3, -0.25) is 4.79 Å². The molecule has 3 nitrogen and oxygen atoms in total. The van der Waals surface area contributed by atoms with Gasteiger partial charge in [0.1, 0.15) is 0 Å². The first-order valence-corrected chi connectivity index (χ1v) is 6.78. The minimum absolute atomic E-state index is 0.00568. The molecule has 1 fully saturated rings. The molecule has 1 heterocycles. The summed E-state index contributed by atoms with van der Waals surface area (Å²) >= 11 is 0. The zero-order valence-electron chi connectivity index (χ0n) is 11.6. The smallest absolute Gasteiger partial charge is 0.249 e. The maximum absolute atomic E-state index is 12.3. The molecule has 0 aliphatic carbocycles. The van der Waals surface area contributed by atoms with Gasteiger partial charge in [-0.1, -0.05) is 29.8 Å². The Hall–Kier alpha value is -1.61. The van der Waals surface area contributed by atoms with Crippen LogP contribution in [0.5, 0.6) is 0 Å². The molecular weight excluding hydrogens is 238 g/mol. The fraction of sp³-hybridized carbons (Fsp3) is 0.438. The second kappa shape index (κ2) is 6.02. The summed E-state index contributed by atoms with van der Waals surface area (Å²) in [6, 6.07) is 8.10. The van der Waals surface area contributed by atoms with E-state index in [2.05, 4.69) is 0 Å². The van der Waals surface area contributed by atoms with E-state index in [1.54, 1.807) is 4.90 Å². The van der Waals surface area contributed by atoms with Gasteiger partial charge < -0.3 is 10.0 Å². The van der Waals surface area contributed by atoms with E-state index < -0.39 is 0 Å². The summed E-state index contributed by atoms with van der Waals surface area (Å²) in [5, 5.41) is 9.27. The highest BCUT2D eigenvalue weighted by Crippen LogP contribution is 2.20. The second-order valence-electron chi connectivity index (χ2n) is 5.22. The quantitative estimate of drug-likeness (QED) is 0.847. The first kappa shape index (κ1) is 13.8. The molecule has 102 valence electrons. The summed E-state index contributed by atoms with van der Waals surface area (Å²) in [6.07, 6.45) is 3.79. The number of carbonyl (C=O) groups excluding carboxylic acids is 1. The van der Waals surface area contributed by atoms with Crippen molar-refractivity contribution >= 4 is 12.0 Å². The van der Waals surface area contributed by atoms with Gasteiger partial charge in [0.25, 0.3) is 0 Å². The van der Waals surface area contributed by atoms with E-state index in [1.807, 2.05) is 44.2 Å². The molecule has 1 aliphatic rings. The van der Waals surface area contributed by atoms with E-state index in [-0.39, 0.29) is 18.6 Å². The summed E-state index contributed by atoms with van der Waals surface area (Å²) < 4.78 is 0. The molecule has 1 amide bonds. The van der Waals surface area contributed by atoms with Crippen molar-refractivity contribution in [1.29, 1.82) is 0 Å². The lowest BCUT2D eigenvalue weighted by Gasteiger charge is -2.23. The van der Waals surface area contributed by atoms with E-state index in [9.17, 15) is 9.90 Å². The molecular formula is C16H21NO2. The maximum atomic E-state index is 12.3. The van der Waals surface area contributed by atoms with Crippen molar-refractivity contribution in [3.05, 3.63) is 41.0 Å². The van der Waals surface area contributed by atoms with E-state index in [4.69, 9.17) is 0 Å². The summed E-state index contributed by atoms with van der Waals surface area (Å²) in [5.41, 5.74) is 2.97. The molecule has 0 radical (unpaired) electrons. The Balaban J connectivity index is 2.12. The number of benzene rings is 1. The zero-order valence-corrected chi connectivity index (χ0v) is 11.6. The molecule has 19 heavy (non-hydrogen) atoms. The number of aryl methyl sites for hydroxylation is 1. The Labute approximate surface area is 114 Å². The Morgan fingerprint density at radius 2 is 2.11 bits per heavy atom. The van der Waals surface area contributed by atoms with Crippen molar-refractivity contribution in [3.63, 3.8) is 0 Å². The van der Waals surface area contributed by atoms with Gasteiger partial charge in [0.2, 0.25) is 5.91 Å². The maximum Gasteiger partial charge on any atom is 0.249 e. The molecule has 0 spiro atoms. The lowest BCUT2D eigenvalue weighted by atomic mass is 10.1. The van der Waals surface area contributed by atoms with Gasteiger partial charge in [-0.2, -0.15) is 0 Å². The van der Waals surface area contributed by atoms with Crippen LogP contribution in [-0.2, 0) is 4.79 Å². The van der Waals surface area contributed by atoms with Crippen LogP contribution in [0.25, 0.3) is 6.08 Å². The van der Waals surface area contributed by atoms with E-state index >= 15 is 0 Å². The number of likely N-dealkylation sites (tertiary alicyclic amines) is 1. The molecule has 2 rings (SSSR count). The van der Waals surface area contributed by atoms with Gasteiger partial charge in [0.15, 0.2) is 0 Å². The van der Waals surface area contributed by atoms with Crippen LogP contribution in [0.15, 0.2) is 29.8 Å². The predicted octanol–water partition coefficient (Wildman–Crippen LogP) is 2.38. The normalized spacial score (nSPS) is 19.8. The van der Waals surface area contributed by atoms with Crippen molar-refractivity contribution in [2.24, 2.45) is 0 Å². The number of rotatable bonds is 3. The van der Waals surface area contributed by atoms with Gasteiger partial charge in [-0.15, -0.1) is 0 Å². The van der Waals surface area contributed by atoms with Crippen LogP contribution in [0.1, 0.15) is 30.9 Å². The molecule has 0 unspecified atom stereocenters. The SMILES string of the molecule is C/C(=C/c1ccc(C)cc1)C(=O)N1CCC[C@@H]1CO. The van der Waals surface area contributed by atoms with Crippen LogP contribution < -0.4 is 0 Å². The number of aliphatic hydroxyl groups is 1. The summed E-state index contributed by atoms with van der Waals surface area (Å²) in [6.45, 7) is 4.70. The first-order chi connectivity index (χ1) is 9.11. The van der Waals surface area contributed by atoms with Gasteiger partial charge in [-0.25, -0.2) is 0 Å². The molecule has 1 aromatic carbocycles. The average Bonchev–Trinajstić information content (AvgIpc) is 2.88. The largest absolute Gasteiger partial charge is 0.394 e. The summed E-state index contributed by atoms with van der Waals surface area (Å²) in [5.74, 6) is 0.0390. The van der Waals surface area contributed by atoms with Gasteiger partial charge in [-0.05, 0) is 38.3 Å². The van der Waals surface area contributed by atoms with Crippen LogP contribution in [0, 0.1) is 6.92 Å². The standard InChI is InChI=1S/C16H21NO2/c1-12-5-7-14(8-6-12)10-13(2)16(19)17-9-3-4-15(17)11-18/h5-8,10,15,18H,3-4,9,11H2,1-2H3/b13-10-/t15-/m1/s1. The molecule has 1 atom stereocenters. The fourth-order valence-corrected chi connectivity index (χ4v) is 2.49. The zero-order chi connectivity index (χ0) is 13.8. The number of carbonyl (C=O) groups is 1. The van der Waals surface area contributed by atoms with Gasteiger partial charge in [0, 0.05) is 12.1 Å². The topological polar surface area (TPSA) is 40.5 Å². The third kappa shape index (κ3) is 3.24. The average molecular weight is 259 g/mol. The molecule has 1 aliphatic heterocycles. The van der Waals surface area contributed by atoms with Crippen LogP contribution in [0.4, 0.5) is 0 Å². The molecule has 1 aromatic rings. The second-order valence-corrected chi connectivity index (χ2v) is 5.22. The highest BCUT2D eigenvalue weighted by Gasteiger charge is 2.28.